The molecule has 2 rings (SSSR count). The Balaban J connectivity index is 2.02. The van der Waals surface area contributed by atoms with Crippen LogP contribution in [0.2, 0.25) is 0 Å². The van der Waals surface area contributed by atoms with Crippen LogP contribution in [0.3, 0.4) is 0 Å². The third-order valence-corrected chi connectivity index (χ3v) is 3.42. The quantitative estimate of drug-likeness (QED) is 0.632. The molecule has 0 N–H and O–H groups in total. The highest BCUT2D eigenvalue weighted by atomic mass is 35.5. The van der Waals surface area contributed by atoms with Crippen molar-refractivity contribution >= 4 is 29.3 Å². The number of carbonyl (C=O) groups is 1. The largest absolute Gasteiger partial charge is 0.444 e. The van der Waals surface area contributed by atoms with E-state index in [1.807, 2.05) is 20.8 Å². The van der Waals surface area contributed by atoms with Crippen LogP contribution in [0.5, 0.6) is 0 Å². The molecule has 1 saturated carbocycles. The standard InChI is InChI=1S/C10H15Cl2NO3/c1-9(2,3)16-8(14)13-4-5-15-7-6(13)10(7,11)12/h6-7H,4-5H2,1-3H3. The number of hydrogen-bond acceptors (Lipinski definition) is 3. The van der Waals surface area contributed by atoms with E-state index < -0.39 is 9.93 Å². The van der Waals surface area contributed by atoms with Crippen LogP contribution in [0.1, 0.15) is 20.8 Å². The molecule has 16 heavy (non-hydrogen) atoms. The number of ether oxygens (including phenoxy) is 2. The fraction of sp³-hybridized carbons (Fsp3) is 0.900. The number of rotatable bonds is 0. The predicted molar refractivity (Wildman–Crippen MR) is 60.9 cm³/mol. The summed E-state index contributed by atoms with van der Waals surface area (Å²) < 4.78 is 9.67. The summed E-state index contributed by atoms with van der Waals surface area (Å²) in [5, 5.41) is 0. The monoisotopic (exact) mass is 267 g/mol. The van der Waals surface area contributed by atoms with E-state index in [1.54, 1.807) is 4.90 Å². The minimum absolute atomic E-state index is 0.278. The highest BCUT2D eigenvalue weighted by Crippen LogP contribution is 2.54. The smallest absolute Gasteiger partial charge is 0.410 e. The third kappa shape index (κ3) is 2.11. The summed E-state index contributed by atoms with van der Waals surface area (Å²) >= 11 is 12.0. The van der Waals surface area contributed by atoms with Gasteiger partial charge in [-0.1, -0.05) is 23.2 Å². The Hall–Kier alpha value is -0.190. The molecule has 1 aliphatic carbocycles. The molecular formula is C10H15Cl2NO3. The van der Waals surface area contributed by atoms with Gasteiger partial charge in [0.1, 0.15) is 17.7 Å². The molecule has 2 aliphatic rings. The highest BCUT2D eigenvalue weighted by Gasteiger charge is 2.70. The maximum Gasteiger partial charge on any atom is 0.410 e. The van der Waals surface area contributed by atoms with Crippen molar-refractivity contribution < 1.29 is 14.3 Å². The van der Waals surface area contributed by atoms with E-state index in [2.05, 4.69) is 0 Å². The summed E-state index contributed by atoms with van der Waals surface area (Å²) in [7, 11) is 0. The Bertz CT molecular complexity index is 314. The number of nitrogens with zero attached hydrogens (tertiary/aromatic N) is 1. The minimum Gasteiger partial charge on any atom is -0.444 e. The summed E-state index contributed by atoms with van der Waals surface area (Å²) in [6.45, 7) is 6.39. The Morgan fingerprint density at radius 1 is 1.50 bits per heavy atom. The molecule has 1 heterocycles. The molecule has 92 valence electrons. The number of hydrogen-bond donors (Lipinski definition) is 0. The van der Waals surface area contributed by atoms with E-state index >= 15 is 0 Å². The average molecular weight is 268 g/mol. The summed E-state index contributed by atoms with van der Waals surface area (Å²) in [5.41, 5.74) is -0.513. The second-order valence-corrected chi connectivity index (χ2v) is 6.53. The predicted octanol–water partition coefficient (Wildman–Crippen LogP) is 2.18. The van der Waals surface area contributed by atoms with Crippen molar-refractivity contribution in [1.29, 1.82) is 0 Å². The fourth-order valence-electron chi connectivity index (χ4n) is 1.80. The van der Waals surface area contributed by atoms with Crippen LogP contribution in [0, 0.1) is 0 Å². The van der Waals surface area contributed by atoms with Gasteiger partial charge in [0.05, 0.1) is 6.61 Å². The zero-order valence-electron chi connectivity index (χ0n) is 9.50. The number of amides is 1. The number of halogens is 2. The van der Waals surface area contributed by atoms with Gasteiger partial charge in [0.15, 0.2) is 4.33 Å². The van der Waals surface area contributed by atoms with Gasteiger partial charge in [0.25, 0.3) is 0 Å². The zero-order valence-corrected chi connectivity index (χ0v) is 11.0. The molecule has 0 aromatic rings. The van der Waals surface area contributed by atoms with E-state index in [9.17, 15) is 4.79 Å². The zero-order chi connectivity index (χ0) is 12.1. The van der Waals surface area contributed by atoms with Gasteiger partial charge in [0, 0.05) is 6.54 Å². The molecule has 0 aromatic carbocycles. The lowest BCUT2D eigenvalue weighted by atomic mass is 10.2. The normalized spacial score (nSPS) is 31.9. The lowest BCUT2D eigenvalue weighted by Gasteiger charge is -2.29. The van der Waals surface area contributed by atoms with Crippen LogP contribution in [0.25, 0.3) is 0 Å². The van der Waals surface area contributed by atoms with Crippen molar-refractivity contribution in [3.05, 3.63) is 0 Å². The number of carbonyl (C=O) groups excluding carboxylic acids is 1. The maximum atomic E-state index is 11.9. The van der Waals surface area contributed by atoms with Gasteiger partial charge >= 0.3 is 6.09 Å². The molecule has 6 heteroatoms. The van der Waals surface area contributed by atoms with Gasteiger partial charge in [0.2, 0.25) is 0 Å². The topological polar surface area (TPSA) is 38.8 Å². The van der Waals surface area contributed by atoms with Crippen LogP contribution in [-0.2, 0) is 9.47 Å². The Labute approximate surface area is 105 Å². The average Bonchev–Trinajstić information content (AvgIpc) is 2.67. The lowest BCUT2D eigenvalue weighted by Crippen LogP contribution is -2.44. The summed E-state index contributed by atoms with van der Waals surface area (Å²) in [4.78, 5) is 13.4. The molecule has 0 spiro atoms. The summed E-state index contributed by atoms with van der Waals surface area (Å²) in [5.74, 6) is 0. The van der Waals surface area contributed by atoms with Crippen molar-refractivity contribution in [2.45, 2.75) is 42.9 Å². The van der Waals surface area contributed by atoms with Gasteiger partial charge in [-0.05, 0) is 20.8 Å². The Kier molecular flexibility index (Phi) is 2.80. The van der Waals surface area contributed by atoms with Crippen molar-refractivity contribution in [3.63, 3.8) is 0 Å². The highest BCUT2D eigenvalue weighted by molar-refractivity contribution is 6.52. The molecule has 1 saturated heterocycles. The molecular weight excluding hydrogens is 253 g/mol. The van der Waals surface area contributed by atoms with Gasteiger partial charge in [-0.3, -0.25) is 4.90 Å². The first-order chi connectivity index (χ1) is 7.23. The second kappa shape index (κ2) is 3.65. The van der Waals surface area contributed by atoms with Crippen molar-refractivity contribution in [2.75, 3.05) is 13.2 Å². The number of alkyl halides is 2. The maximum absolute atomic E-state index is 11.9. The van der Waals surface area contributed by atoms with E-state index in [1.165, 1.54) is 0 Å². The molecule has 4 nitrogen and oxygen atoms in total. The fourth-order valence-corrected chi connectivity index (χ4v) is 2.50. The van der Waals surface area contributed by atoms with E-state index in [0.717, 1.165) is 0 Å². The SMILES string of the molecule is CC(C)(C)OC(=O)N1CCOC2C1C2(Cl)Cl. The molecule has 0 bridgehead atoms. The Morgan fingerprint density at radius 2 is 2.12 bits per heavy atom. The minimum atomic E-state index is -0.979. The number of fused-ring (bicyclic) bond motifs is 1. The van der Waals surface area contributed by atoms with Crippen molar-refractivity contribution in [2.24, 2.45) is 0 Å². The van der Waals surface area contributed by atoms with Crippen LogP contribution in [0.15, 0.2) is 0 Å². The molecule has 2 fully saturated rings. The third-order valence-electron chi connectivity index (χ3n) is 2.54. The lowest BCUT2D eigenvalue weighted by molar-refractivity contribution is -0.00880. The van der Waals surface area contributed by atoms with Gasteiger partial charge in [-0.15, -0.1) is 0 Å². The van der Waals surface area contributed by atoms with Crippen LogP contribution >= 0.6 is 23.2 Å². The van der Waals surface area contributed by atoms with Gasteiger partial charge in [-0.2, -0.15) is 0 Å². The molecule has 0 aromatic heterocycles. The van der Waals surface area contributed by atoms with Gasteiger partial charge in [-0.25, -0.2) is 4.79 Å². The molecule has 2 atom stereocenters. The van der Waals surface area contributed by atoms with Crippen LogP contribution < -0.4 is 0 Å². The first-order valence-electron chi connectivity index (χ1n) is 5.22. The first kappa shape index (κ1) is 12.3. The molecule has 0 radical (unpaired) electrons. The van der Waals surface area contributed by atoms with Crippen molar-refractivity contribution in [3.8, 4) is 0 Å². The number of morpholine rings is 1. The summed E-state index contributed by atoms with van der Waals surface area (Å²) in [6, 6.07) is -0.278. The van der Waals surface area contributed by atoms with Crippen LogP contribution in [0.4, 0.5) is 4.79 Å². The second-order valence-electron chi connectivity index (χ2n) is 5.08. The van der Waals surface area contributed by atoms with E-state index in [0.29, 0.717) is 13.2 Å². The van der Waals surface area contributed by atoms with E-state index in [-0.39, 0.29) is 18.2 Å². The molecule has 1 amide bonds. The van der Waals surface area contributed by atoms with Gasteiger partial charge < -0.3 is 9.47 Å². The molecule has 1 aliphatic heterocycles. The van der Waals surface area contributed by atoms with Crippen molar-refractivity contribution in [1.82, 2.24) is 4.90 Å². The first-order valence-corrected chi connectivity index (χ1v) is 5.98. The molecule has 2 unspecified atom stereocenters. The van der Waals surface area contributed by atoms with E-state index in [4.69, 9.17) is 32.7 Å². The summed E-state index contributed by atoms with van der Waals surface area (Å²) in [6.07, 6.45) is -0.661. The Morgan fingerprint density at radius 3 is 2.69 bits per heavy atom. The van der Waals surface area contributed by atoms with Crippen LogP contribution in [-0.4, -0.2) is 46.2 Å².